The predicted octanol–water partition coefficient (Wildman–Crippen LogP) is 2.63. The van der Waals surface area contributed by atoms with E-state index < -0.39 is 10.0 Å². The highest BCUT2D eigenvalue weighted by Crippen LogP contribution is 2.38. The molecule has 0 unspecified atom stereocenters. The van der Waals surface area contributed by atoms with E-state index in [1.54, 1.807) is 18.2 Å². The van der Waals surface area contributed by atoms with Gasteiger partial charge >= 0.3 is 0 Å². The number of hydrogen-bond acceptors (Lipinski definition) is 5. The Bertz CT molecular complexity index is 860. The van der Waals surface area contributed by atoms with Crippen LogP contribution in [0, 0.1) is 0 Å². The molecular formula is C17H19BrN4O2S. The van der Waals surface area contributed by atoms with Crippen molar-refractivity contribution >= 4 is 31.8 Å². The summed E-state index contributed by atoms with van der Waals surface area (Å²) in [4.78, 5) is 2.41. The minimum absolute atomic E-state index is 0.317. The molecule has 1 saturated heterocycles. The van der Waals surface area contributed by atoms with Crippen LogP contribution < -0.4 is 4.90 Å². The number of nitrogens with zero attached hydrogens (tertiary/aromatic N) is 4. The van der Waals surface area contributed by atoms with Gasteiger partial charge in [-0.2, -0.15) is 9.40 Å². The number of anilines is 1. The SMILES string of the molecule is O=S(=O)(c1ccccc1Br)N1CCN(c2ccc(C3CC3)nn2)CC1. The molecule has 0 N–H and O–H groups in total. The highest BCUT2D eigenvalue weighted by atomic mass is 79.9. The Labute approximate surface area is 156 Å². The van der Waals surface area contributed by atoms with Crippen molar-refractivity contribution in [1.82, 2.24) is 14.5 Å². The fourth-order valence-corrected chi connectivity index (χ4v) is 5.44. The van der Waals surface area contributed by atoms with Crippen LogP contribution in [0.15, 0.2) is 45.8 Å². The van der Waals surface area contributed by atoms with Crippen LogP contribution in [0.25, 0.3) is 0 Å². The highest BCUT2D eigenvalue weighted by Gasteiger charge is 2.30. The van der Waals surface area contributed by atoms with Gasteiger partial charge in [0, 0.05) is 36.6 Å². The van der Waals surface area contributed by atoms with Crippen LogP contribution >= 0.6 is 15.9 Å². The van der Waals surface area contributed by atoms with E-state index in [2.05, 4.69) is 31.0 Å². The van der Waals surface area contributed by atoms with Gasteiger partial charge < -0.3 is 4.90 Å². The van der Waals surface area contributed by atoms with Crippen LogP contribution in [0.2, 0.25) is 0 Å². The molecular weight excluding hydrogens is 404 g/mol. The van der Waals surface area contributed by atoms with Gasteiger partial charge in [0.2, 0.25) is 10.0 Å². The molecule has 1 aromatic heterocycles. The number of sulfonamides is 1. The smallest absolute Gasteiger partial charge is 0.244 e. The first-order valence-electron chi connectivity index (χ1n) is 8.39. The molecule has 1 aliphatic carbocycles. The maximum atomic E-state index is 12.8. The van der Waals surface area contributed by atoms with Gasteiger partial charge in [0.25, 0.3) is 0 Å². The third kappa shape index (κ3) is 3.43. The topological polar surface area (TPSA) is 66.4 Å². The maximum Gasteiger partial charge on any atom is 0.244 e. The van der Waals surface area contributed by atoms with Gasteiger partial charge in [-0.3, -0.25) is 0 Å². The average molecular weight is 423 g/mol. The summed E-state index contributed by atoms with van der Waals surface area (Å²) in [5.41, 5.74) is 1.07. The molecule has 132 valence electrons. The molecule has 8 heteroatoms. The zero-order chi connectivity index (χ0) is 17.4. The monoisotopic (exact) mass is 422 g/mol. The Morgan fingerprint density at radius 3 is 2.28 bits per heavy atom. The zero-order valence-electron chi connectivity index (χ0n) is 13.7. The zero-order valence-corrected chi connectivity index (χ0v) is 16.1. The van der Waals surface area contributed by atoms with E-state index in [4.69, 9.17) is 0 Å². The second-order valence-electron chi connectivity index (χ2n) is 6.41. The van der Waals surface area contributed by atoms with Crippen LogP contribution in [0.4, 0.5) is 5.82 Å². The largest absolute Gasteiger partial charge is 0.352 e. The predicted molar refractivity (Wildman–Crippen MR) is 99.1 cm³/mol. The summed E-state index contributed by atoms with van der Waals surface area (Å²) in [6.07, 6.45) is 2.42. The van der Waals surface area contributed by atoms with E-state index in [1.165, 1.54) is 17.1 Å². The Balaban J connectivity index is 1.45. The van der Waals surface area contributed by atoms with Crippen LogP contribution in [0.5, 0.6) is 0 Å². The molecule has 6 nitrogen and oxygen atoms in total. The van der Waals surface area contributed by atoms with Gasteiger partial charge in [-0.15, -0.1) is 5.10 Å². The number of hydrogen-bond donors (Lipinski definition) is 0. The maximum absolute atomic E-state index is 12.8. The Hall–Kier alpha value is -1.51. The quantitative estimate of drug-likeness (QED) is 0.757. The molecule has 25 heavy (non-hydrogen) atoms. The van der Waals surface area contributed by atoms with Crippen molar-refractivity contribution < 1.29 is 8.42 Å². The lowest BCUT2D eigenvalue weighted by Crippen LogP contribution is -2.49. The number of rotatable bonds is 4. The van der Waals surface area contributed by atoms with Gasteiger partial charge in [0.15, 0.2) is 5.82 Å². The molecule has 0 radical (unpaired) electrons. The third-order valence-electron chi connectivity index (χ3n) is 4.68. The molecule has 4 rings (SSSR count). The standard InChI is InChI=1S/C17H19BrN4O2S/c18-14-3-1-2-4-16(14)25(23,24)22-11-9-21(10-12-22)17-8-7-15(19-20-17)13-5-6-13/h1-4,7-8,13H,5-6,9-12H2. The molecule has 2 fully saturated rings. The highest BCUT2D eigenvalue weighted by molar-refractivity contribution is 9.10. The van der Waals surface area contributed by atoms with Crippen LogP contribution in [-0.2, 0) is 10.0 Å². The van der Waals surface area contributed by atoms with Crippen molar-refractivity contribution in [2.45, 2.75) is 23.7 Å². The molecule has 1 aromatic carbocycles. The summed E-state index contributed by atoms with van der Waals surface area (Å²) in [5.74, 6) is 1.41. The Kier molecular flexibility index (Phi) is 4.51. The van der Waals surface area contributed by atoms with Crippen LogP contribution in [0.3, 0.4) is 0 Å². The molecule has 2 heterocycles. The first-order valence-corrected chi connectivity index (χ1v) is 10.6. The van der Waals surface area contributed by atoms with Crippen molar-refractivity contribution in [2.75, 3.05) is 31.1 Å². The van der Waals surface area contributed by atoms with Crippen LogP contribution in [-0.4, -0.2) is 49.1 Å². The minimum atomic E-state index is -3.48. The van der Waals surface area contributed by atoms with Gasteiger partial charge in [-0.05, 0) is 53.0 Å². The Morgan fingerprint density at radius 2 is 1.68 bits per heavy atom. The lowest BCUT2D eigenvalue weighted by Gasteiger charge is -2.34. The second kappa shape index (κ2) is 6.66. The lowest BCUT2D eigenvalue weighted by molar-refractivity contribution is 0.383. The van der Waals surface area contributed by atoms with Gasteiger partial charge in [0.05, 0.1) is 10.6 Å². The summed E-state index contributed by atoms with van der Waals surface area (Å²) in [7, 11) is -3.48. The van der Waals surface area contributed by atoms with Gasteiger partial charge in [-0.25, -0.2) is 8.42 Å². The number of piperazine rings is 1. The van der Waals surface area contributed by atoms with Gasteiger partial charge in [-0.1, -0.05) is 12.1 Å². The normalized spacial score (nSPS) is 19.2. The van der Waals surface area contributed by atoms with E-state index in [0.717, 1.165) is 11.5 Å². The average Bonchev–Trinajstić information content (AvgIpc) is 3.47. The summed E-state index contributed by atoms with van der Waals surface area (Å²) >= 11 is 3.34. The summed E-state index contributed by atoms with van der Waals surface area (Å²) in [6.45, 7) is 2.10. The van der Waals surface area contributed by atoms with Gasteiger partial charge in [0.1, 0.15) is 0 Å². The van der Waals surface area contributed by atoms with E-state index in [1.807, 2.05) is 18.2 Å². The summed E-state index contributed by atoms with van der Waals surface area (Å²) < 4.78 is 27.8. The van der Waals surface area contributed by atoms with E-state index in [9.17, 15) is 8.42 Å². The summed E-state index contributed by atoms with van der Waals surface area (Å²) in [6, 6.07) is 11.0. The molecule has 2 aliphatic rings. The molecule has 1 aliphatic heterocycles. The molecule has 0 atom stereocenters. The molecule has 2 aromatic rings. The number of halogens is 1. The lowest BCUT2D eigenvalue weighted by atomic mass is 10.2. The minimum Gasteiger partial charge on any atom is -0.352 e. The van der Waals surface area contributed by atoms with Crippen LogP contribution in [0.1, 0.15) is 24.5 Å². The van der Waals surface area contributed by atoms with E-state index in [0.29, 0.717) is 41.5 Å². The third-order valence-corrected chi connectivity index (χ3v) is 7.59. The molecule has 0 spiro atoms. The number of benzene rings is 1. The molecule has 1 saturated carbocycles. The first kappa shape index (κ1) is 16.9. The fourth-order valence-electron chi connectivity index (χ4n) is 3.05. The number of aromatic nitrogens is 2. The van der Waals surface area contributed by atoms with Crippen molar-refractivity contribution in [3.63, 3.8) is 0 Å². The van der Waals surface area contributed by atoms with Crippen molar-refractivity contribution in [3.8, 4) is 0 Å². The van der Waals surface area contributed by atoms with E-state index >= 15 is 0 Å². The summed E-state index contributed by atoms with van der Waals surface area (Å²) in [5, 5.41) is 8.64. The first-order chi connectivity index (χ1) is 12.1. The van der Waals surface area contributed by atoms with Crippen molar-refractivity contribution in [2.24, 2.45) is 0 Å². The molecule has 0 bridgehead atoms. The van der Waals surface area contributed by atoms with E-state index in [-0.39, 0.29) is 0 Å². The van der Waals surface area contributed by atoms with Crippen molar-refractivity contribution in [1.29, 1.82) is 0 Å². The second-order valence-corrected chi connectivity index (χ2v) is 9.17. The Morgan fingerprint density at radius 1 is 0.960 bits per heavy atom. The molecule has 0 amide bonds. The fraction of sp³-hybridized carbons (Fsp3) is 0.412. The van der Waals surface area contributed by atoms with Crippen molar-refractivity contribution in [3.05, 3.63) is 46.6 Å².